The molecule has 0 radical (unpaired) electrons. The molecule has 2 atom stereocenters. The number of allylic oxidation sites excluding steroid dienone is 1. The molecule has 0 aromatic heterocycles. The molecule has 0 aliphatic heterocycles. The summed E-state index contributed by atoms with van der Waals surface area (Å²) in [6.45, 7) is 17.5. The van der Waals surface area contributed by atoms with Crippen LogP contribution in [0, 0.1) is 5.92 Å². The van der Waals surface area contributed by atoms with E-state index in [1.165, 1.54) is 0 Å². The quantitative estimate of drug-likeness (QED) is 0.140. The van der Waals surface area contributed by atoms with E-state index in [0.29, 0.717) is 36.2 Å². The SMILES string of the molecule is C=CCCC(=O)OCC(=C)CC(C(=O)Oc1ccccc1)C(CCN(C(C)C)C(C)C)c1ccccc1. The smallest absolute Gasteiger partial charge is 0.315 e. The lowest BCUT2D eigenvalue weighted by Crippen LogP contribution is -2.39. The summed E-state index contributed by atoms with van der Waals surface area (Å²) >= 11 is 0. The maximum absolute atomic E-state index is 13.7. The first-order valence-electron chi connectivity index (χ1n) is 13.2. The molecule has 37 heavy (non-hydrogen) atoms. The molecule has 0 spiro atoms. The fourth-order valence-corrected chi connectivity index (χ4v) is 4.62. The van der Waals surface area contributed by atoms with E-state index in [-0.39, 0.29) is 30.9 Å². The largest absolute Gasteiger partial charge is 0.461 e. The van der Waals surface area contributed by atoms with Crippen LogP contribution in [0.5, 0.6) is 5.75 Å². The Labute approximate surface area is 223 Å². The van der Waals surface area contributed by atoms with Crippen molar-refractivity contribution in [3.8, 4) is 5.75 Å². The maximum Gasteiger partial charge on any atom is 0.315 e. The van der Waals surface area contributed by atoms with E-state index in [0.717, 1.165) is 18.5 Å². The van der Waals surface area contributed by atoms with Gasteiger partial charge in [-0.3, -0.25) is 14.5 Å². The van der Waals surface area contributed by atoms with Crippen LogP contribution in [0.4, 0.5) is 0 Å². The molecule has 0 N–H and O–H groups in total. The van der Waals surface area contributed by atoms with Crippen molar-refractivity contribution >= 4 is 11.9 Å². The first-order valence-corrected chi connectivity index (χ1v) is 13.2. The van der Waals surface area contributed by atoms with Gasteiger partial charge in [0.05, 0.1) is 5.92 Å². The van der Waals surface area contributed by atoms with E-state index in [2.05, 4.69) is 57.9 Å². The Balaban J connectivity index is 2.31. The van der Waals surface area contributed by atoms with Gasteiger partial charge in [0.1, 0.15) is 12.4 Å². The Morgan fingerprint density at radius 3 is 2.11 bits per heavy atom. The summed E-state index contributed by atoms with van der Waals surface area (Å²) in [5.41, 5.74) is 1.77. The molecule has 0 saturated carbocycles. The number of rotatable bonds is 16. The minimum absolute atomic E-state index is 0.0801. The highest BCUT2D eigenvalue weighted by atomic mass is 16.5. The zero-order valence-electron chi connectivity index (χ0n) is 22.9. The maximum atomic E-state index is 13.7. The zero-order valence-corrected chi connectivity index (χ0v) is 22.9. The number of nitrogens with zero attached hydrogens (tertiary/aromatic N) is 1. The molecule has 2 aromatic rings. The van der Waals surface area contributed by atoms with Gasteiger partial charge in [0, 0.05) is 18.5 Å². The van der Waals surface area contributed by atoms with E-state index >= 15 is 0 Å². The van der Waals surface area contributed by atoms with Crippen molar-refractivity contribution in [1.82, 2.24) is 4.90 Å². The number of benzene rings is 2. The van der Waals surface area contributed by atoms with Crippen LogP contribution in [0.3, 0.4) is 0 Å². The minimum atomic E-state index is -0.483. The molecule has 200 valence electrons. The van der Waals surface area contributed by atoms with Gasteiger partial charge in [-0.05, 0) is 82.7 Å². The van der Waals surface area contributed by atoms with E-state index in [1.54, 1.807) is 18.2 Å². The van der Waals surface area contributed by atoms with Gasteiger partial charge in [-0.15, -0.1) is 6.58 Å². The van der Waals surface area contributed by atoms with Crippen molar-refractivity contribution in [2.75, 3.05) is 13.2 Å². The van der Waals surface area contributed by atoms with Crippen molar-refractivity contribution in [1.29, 1.82) is 0 Å². The van der Waals surface area contributed by atoms with Crippen LogP contribution in [-0.4, -0.2) is 42.1 Å². The van der Waals surface area contributed by atoms with Gasteiger partial charge in [0.15, 0.2) is 0 Å². The number of para-hydroxylation sites is 1. The normalized spacial score (nSPS) is 12.8. The van der Waals surface area contributed by atoms with Gasteiger partial charge in [0.25, 0.3) is 0 Å². The second kappa shape index (κ2) is 15.8. The Kier molecular flexibility index (Phi) is 12.9. The second-order valence-electron chi connectivity index (χ2n) is 10.0. The summed E-state index contributed by atoms with van der Waals surface area (Å²) in [5.74, 6) is -0.668. The van der Waals surface area contributed by atoms with Crippen LogP contribution in [-0.2, 0) is 14.3 Å². The highest BCUT2D eigenvalue weighted by molar-refractivity contribution is 5.77. The molecule has 2 unspecified atom stereocenters. The fourth-order valence-electron chi connectivity index (χ4n) is 4.62. The van der Waals surface area contributed by atoms with Gasteiger partial charge < -0.3 is 9.47 Å². The predicted octanol–water partition coefficient (Wildman–Crippen LogP) is 6.96. The van der Waals surface area contributed by atoms with Crippen molar-refractivity contribution in [2.24, 2.45) is 5.92 Å². The molecule has 2 rings (SSSR count). The molecule has 0 bridgehead atoms. The Morgan fingerprint density at radius 2 is 1.54 bits per heavy atom. The Bertz CT molecular complexity index is 976. The van der Waals surface area contributed by atoms with Crippen molar-refractivity contribution < 1.29 is 19.1 Å². The minimum Gasteiger partial charge on any atom is -0.461 e. The van der Waals surface area contributed by atoms with E-state index in [4.69, 9.17) is 9.47 Å². The Hall–Kier alpha value is -3.18. The molecule has 0 heterocycles. The summed E-state index contributed by atoms with van der Waals surface area (Å²) in [4.78, 5) is 28.1. The van der Waals surface area contributed by atoms with Crippen LogP contribution in [0.15, 0.2) is 85.5 Å². The number of carbonyl (C=O) groups excluding carboxylic acids is 2. The third-order valence-corrected chi connectivity index (χ3v) is 6.50. The highest BCUT2D eigenvalue weighted by Gasteiger charge is 2.33. The summed E-state index contributed by atoms with van der Waals surface area (Å²) in [6.07, 6.45) is 3.68. The zero-order chi connectivity index (χ0) is 27.2. The molecule has 5 nitrogen and oxygen atoms in total. The molecule has 0 aliphatic rings. The molecule has 0 saturated heterocycles. The molecule has 0 amide bonds. The predicted molar refractivity (Wildman–Crippen MR) is 150 cm³/mol. The lowest BCUT2D eigenvalue weighted by molar-refractivity contribution is -0.142. The van der Waals surface area contributed by atoms with Gasteiger partial charge in [-0.1, -0.05) is 61.2 Å². The average Bonchev–Trinajstić information content (AvgIpc) is 2.88. The summed E-state index contributed by atoms with van der Waals surface area (Å²) in [7, 11) is 0. The van der Waals surface area contributed by atoms with Gasteiger partial charge in [-0.2, -0.15) is 0 Å². The second-order valence-corrected chi connectivity index (χ2v) is 10.0. The molecule has 5 heteroatoms. The first-order chi connectivity index (χ1) is 17.7. The van der Waals surface area contributed by atoms with Gasteiger partial charge >= 0.3 is 11.9 Å². The highest BCUT2D eigenvalue weighted by Crippen LogP contribution is 2.34. The summed E-state index contributed by atoms with van der Waals surface area (Å²) in [5, 5.41) is 0. The number of esters is 2. The lowest BCUT2D eigenvalue weighted by atomic mass is 9.80. The number of hydrogen-bond acceptors (Lipinski definition) is 5. The van der Waals surface area contributed by atoms with Crippen LogP contribution in [0.2, 0.25) is 0 Å². The molecule has 0 aliphatic carbocycles. The van der Waals surface area contributed by atoms with Crippen LogP contribution < -0.4 is 4.74 Å². The molecule has 2 aromatic carbocycles. The summed E-state index contributed by atoms with van der Waals surface area (Å²) in [6, 6.07) is 20.0. The molecular formula is C32H43NO4. The average molecular weight is 506 g/mol. The van der Waals surface area contributed by atoms with Gasteiger partial charge in [0.2, 0.25) is 0 Å². The fraction of sp³-hybridized carbons (Fsp3) is 0.438. The monoisotopic (exact) mass is 505 g/mol. The van der Waals surface area contributed by atoms with Crippen molar-refractivity contribution in [3.63, 3.8) is 0 Å². The topological polar surface area (TPSA) is 55.8 Å². The summed E-state index contributed by atoms with van der Waals surface area (Å²) < 4.78 is 11.3. The third-order valence-electron chi connectivity index (χ3n) is 6.50. The van der Waals surface area contributed by atoms with E-state index < -0.39 is 5.92 Å². The van der Waals surface area contributed by atoms with Crippen molar-refractivity contribution in [3.05, 3.63) is 91.0 Å². The lowest BCUT2D eigenvalue weighted by Gasteiger charge is -2.34. The van der Waals surface area contributed by atoms with Crippen LogP contribution in [0.25, 0.3) is 0 Å². The van der Waals surface area contributed by atoms with E-state index in [9.17, 15) is 9.59 Å². The van der Waals surface area contributed by atoms with Crippen molar-refractivity contribution in [2.45, 2.75) is 71.4 Å². The first kappa shape index (κ1) is 30.0. The molecular weight excluding hydrogens is 462 g/mol. The molecule has 0 fully saturated rings. The number of ether oxygens (including phenoxy) is 2. The van der Waals surface area contributed by atoms with E-state index in [1.807, 2.05) is 36.4 Å². The van der Waals surface area contributed by atoms with Crippen LogP contribution in [0.1, 0.15) is 64.9 Å². The van der Waals surface area contributed by atoms with Gasteiger partial charge in [-0.25, -0.2) is 0 Å². The standard InChI is InChI=1S/C32H43NO4/c1-7-8-19-31(34)36-23-26(6)22-30(32(35)37-28-17-13-10-14-18-28)29(27-15-11-9-12-16-27)20-21-33(24(2)3)25(4)5/h7,9-18,24-25,29-30H,1,6,8,19-23H2,2-5H3. The Morgan fingerprint density at radius 1 is 0.946 bits per heavy atom. The third kappa shape index (κ3) is 10.4. The van der Waals surface area contributed by atoms with Crippen LogP contribution >= 0.6 is 0 Å². The number of hydrogen-bond donors (Lipinski definition) is 0. The number of carbonyl (C=O) groups is 2.